The van der Waals surface area contributed by atoms with Gasteiger partial charge in [0.1, 0.15) is 12.3 Å². The van der Waals surface area contributed by atoms with Gasteiger partial charge in [-0.3, -0.25) is 0 Å². The summed E-state index contributed by atoms with van der Waals surface area (Å²) in [5.41, 5.74) is -20.8. The summed E-state index contributed by atoms with van der Waals surface area (Å²) >= 11 is 0. The van der Waals surface area contributed by atoms with Gasteiger partial charge in [-0.25, -0.2) is 4.98 Å². The Kier molecular flexibility index (Phi) is 16.2. The van der Waals surface area contributed by atoms with Crippen LogP contribution >= 0.6 is 0 Å². The van der Waals surface area contributed by atoms with E-state index in [0.717, 1.165) is 5.56 Å². The minimum absolute atomic E-state index is 0.0447. The number of azide groups is 1. The van der Waals surface area contributed by atoms with E-state index in [9.17, 15) is 105 Å². The summed E-state index contributed by atoms with van der Waals surface area (Å²) in [6.07, 6.45) is -49.7. The van der Waals surface area contributed by atoms with Crippen molar-refractivity contribution >= 4 is 28.0 Å². The Morgan fingerprint density at radius 1 is 0.440 bits per heavy atom. The highest BCUT2D eigenvalue weighted by molar-refractivity contribution is 7.20. The highest BCUT2D eigenvalue weighted by atomic mass is 19.4. The molecular weight excluding hydrogens is 1080 g/mol. The van der Waals surface area contributed by atoms with Gasteiger partial charge in [0.2, 0.25) is 0 Å². The summed E-state index contributed by atoms with van der Waals surface area (Å²) in [4.78, 5) is 6.62. The fraction of sp³-hybridized carbons (Fsp3) is 0.227. The lowest BCUT2D eigenvalue weighted by molar-refractivity contribution is -0.694. The van der Waals surface area contributed by atoms with E-state index in [1.807, 2.05) is 41.1 Å². The van der Waals surface area contributed by atoms with Crippen LogP contribution in [0.2, 0.25) is 0 Å². The molecule has 0 aliphatic heterocycles. The molecule has 0 fully saturated rings. The molecule has 31 heteroatoms. The molecule has 1 aromatic heterocycles. The zero-order valence-corrected chi connectivity index (χ0v) is 36.3. The van der Waals surface area contributed by atoms with E-state index in [-0.39, 0.29) is 6.73 Å². The second-order valence-electron chi connectivity index (χ2n) is 15.8. The maximum atomic E-state index is 14.2. The fourth-order valence-corrected chi connectivity index (χ4v) is 7.60. The van der Waals surface area contributed by atoms with E-state index in [4.69, 9.17) is 10.3 Å². The van der Waals surface area contributed by atoms with Crippen molar-refractivity contribution in [1.29, 1.82) is 0 Å². The molecule has 0 aliphatic rings. The van der Waals surface area contributed by atoms with Crippen LogP contribution < -0.4 is 31.2 Å². The van der Waals surface area contributed by atoms with Crippen molar-refractivity contribution in [1.82, 2.24) is 4.98 Å². The summed E-state index contributed by atoms with van der Waals surface area (Å²) in [5, 5.41) is 3.33. The molecule has 0 bridgehead atoms. The molecule has 75 heavy (non-hydrogen) atoms. The molecule has 0 unspecified atom stereocenters. The highest BCUT2D eigenvalue weighted by Gasteiger charge is 2.47. The second kappa shape index (κ2) is 20.8. The molecule has 0 saturated carbocycles. The Morgan fingerprint density at radius 3 is 0.973 bits per heavy atom. The molecule has 6 nitrogen and oxygen atoms in total. The minimum atomic E-state index is -6.13. The van der Waals surface area contributed by atoms with Crippen LogP contribution in [0.3, 0.4) is 0 Å². The highest BCUT2D eigenvalue weighted by Crippen LogP contribution is 2.41. The van der Waals surface area contributed by atoms with Crippen molar-refractivity contribution in [3.63, 3.8) is 0 Å². The van der Waals surface area contributed by atoms with E-state index < -0.39 is 195 Å². The van der Waals surface area contributed by atoms with E-state index in [1.165, 1.54) is 0 Å². The lowest BCUT2D eigenvalue weighted by Gasteiger charge is -2.46. The van der Waals surface area contributed by atoms with Crippen LogP contribution in [0.4, 0.5) is 105 Å². The third-order valence-corrected chi connectivity index (χ3v) is 10.8. The Hall–Kier alpha value is -7.33. The SMILES string of the molecule is FC(F)(F)c1cc([B-](c2cc(C(F)(F)F)cc(C(F)(F)F)c2)(c2cc(C(F)(F)F)cc(C(F)(F)F)c2)c2cc(C(F)(F)F)cc(C(F)(F)F)c2)cc(C(F)(F)F)c1.[N-]=[N+]=NCOc1cncc[n+]1Cc1ccccc1. The Morgan fingerprint density at radius 2 is 0.720 bits per heavy atom. The molecule has 0 aliphatic carbocycles. The molecular formula is C44H24BF24N5O. The normalized spacial score (nSPS) is 13.2. The standard InChI is InChI=1S/C32H12BF24.C12H12N5O/c34-25(35,36)13-1-14(26(37,38)39)6-21(5-13)33(22-7-15(27(40,41)42)2-16(8-22)28(43,44)45,23-9-17(29(46,47)48)3-18(10-23)30(49,50)51)24-11-19(31(52,53)54)4-20(12-24)32(55,56)57;13-16-15-10-18-12-8-14-6-7-17(12)9-11-4-2-1-3-5-11/h1-12H;1-8H,9-10H2/q-1;+1. The number of aromatic nitrogens is 2. The van der Waals surface area contributed by atoms with Gasteiger partial charge in [-0.05, 0) is 29.8 Å². The number of hydrogen-bond acceptors (Lipinski definition) is 3. The lowest BCUT2D eigenvalue weighted by Crippen LogP contribution is -2.75. The fourth-order valence-electron chi connectivity index (χ4n) is 7.60. The van der Waals surface area contributed by atoms with Crippen LogP contribution in [0.1, 0.15) is 50.1 Å². The number of nitrogens with zero attached hydrogens (tertiary/aromatic N) is 5. The molecule has 1 heterocycles. The maximum absolute atomic E-state index is 14.2. The first-order valence-corrected chi connectivity index (χ1v) is 20.0. The van der Waals surface area contributed by atoms with Crippen molar-refractivity contribution in [2.24, 2.45) is 5.11 Å². The van der Waals surface area contributed by atoms with Crippen molar-refractivity contribution < 1.29 is 115 Å². The predicted molar refractivity (Wildman–Crippen MR) is 215 cm³/mol. The van der Waals surface area contributed by atoms with Crippen LogP contribution in [0.25, 0.3) is 10.4 Å². The van der Waals surface area contributed by atoms with E-state index >= 15 is 0 Å². The van der Waals surface area contributed by atoms with Gasteiger partial charge in [0.05, 0.1) is 50.7 Å². The summed E-state index contributed by atoms with van der Waals surface area (Å²) in [5.74, 6) is 0.564. The minimum Gasteiger partial charge on any atom is -0.437 e. The van der Waals surface area contributed by atoms with Crippen molar-refractivity contribution in [2.75, 3.05) is 6.73 Å². The van der Waals surface area contributed by atoms with E-state index in [0.29, 0.717) is 12.4 Å². The molecule has 0 saturated heterocycles. The molecule has 402 valence electrons. The first-order valence-electron chi connectivity index (χ1n) is 20.0. The molecule has 6 rings (SSSR count). The second-order valence-corrected chi connectivity index (χ2v) is 15.8. The lowest BCUT2D eigenvalue weighted by atomic mass is 9.12. The average molecular weight is 1110 g/mol. The summed E-state index contributed by atoms with van der Waals surface area (Å²) in [6, 6.07) is 1.19. The number of hydrogen-bond donors (Lipinski definition) is 0. The predicted octanol–water partition coefficient (Wildman–Crippen LogP) is 13.3. The first kappa shape index (κ1) is 58.6. The van der Waals surface area contributed by atoms with E-state index in [1.54, 1.807) is 12.4 Å². The Labute approximate surface area is 403 Å². The van der Waals surface area contributed by atoms with Crippen molar-refractivity contribution in [2.45, 2.75) is 56.0 Å². The topological polar surface area (TPSA) is 74.8 Å². The summed E-state index contributed by atoms with van der Waals surface area (Å²) in [7, 11) is 0. The third kappa shape index (κ3) is 14.1. The molecule has 0 atom stereocenters. The van der Waals surface area contributed by atoms with Gasteiger partial charge in [-0.15, -0.1) is 0 Å². The molecule has 5 aromatic carbocycles. The molecule has 0 N–H and O–H groups in total. The van der Waals surface area contributed by atoms with Gasteiger partial charge in [-0.2, -0.15) is 132 Å². The molecule has 0 radical (unpaired) electrons. The number of alkyl halides is 24. The quantitative estimate of drug-likeness (QED) is 0.0361. The number of benzene rings is 5. The smallest absolute Gasteiger partial charge is 0.416 e. The van der Waals surface area contributed by atoms with Crippen molar-refractivity contribution in [3.05, 3.63) is 182 Å². The first-order chi connectivity index (χ1) is 34.2. The van der Waals surface area contributed by atoms with Gasteiger partial charge < -0.3 is 4.74 Å². The third-order valence-electron chi connectivity index (χ3n) is 10.8. The molecule has 0 spiro atoms. The van der Waals surface area contributed by atoms with Gasteiger partial charge in [-0.1, -0.05) is 84.0 Å². The largest absolute Gasteiger partial charge is 0.437 e. The number of ether oxygens (including phenoxy) is 1. The number of rotatable bonds is 9. The Bertz CT molecular complexity index is 2600. The maximum Gasteiger partial charge on any atom is 0.416 e. The zero-order valence-electron chi connectivity index (χ0n) is 36.3. The van der Waals surface area contributed by atoms with Crippen molar-refractivity contribution in [3.8, 4) is 5.88 Å². The molecule has 0 amide bonds. The van der Waals surface area contributed by atoms with Gasteiger partial charge in [0.25, 0.3) is 0 Å². The summed E-state index contributed by atoms with van der Waals surface area (Å²) in [6.45, 7) is 0.631. The molecule has 6 aromatic rings. The van der Waals surface area contributed by atoms with Gasteiger partial charge >= 0.3 is 55.3 Å². The monoisotopic (exact) mass is 1110 g/mol. The van der Waals surface area contributed by atoms with Crippen LogP contribution in [-0.4, -0.2) is 17.9 Å². The van der Waals surface area contributed by atoms with Gasteiger partial charge in [0.15, 0.2) is 19.5 Å². The summed E-state index contributed by atoms with van der Waals surface area (Å²) < 4.78 is 348. The van der Waals surface area contributed by atoms with Crippen LogP contribution in [0.5, 0.6) is 5.88 Å². The van der Waals surface area contributed by atoms with Crippen LogP contribution in [0, 0.1) is 0 Å². The van der Waals surface area contributed by atoms with E-state index in [2.05, 4.69) is 15.0 Å². The van der Waals surface area contributed by atoms with Gasteiger partial charge in [0, 0.05) is 10.5 Å². The van der Waals surface area contributed by atoms with Crippen LogP contribution in [0.15, 0.2) is 127 Å². The number of halogens is 24. The average Bonchev–Trinajstić information content (AvgIpc) is 3.28. The zero-order chi connectivity index (χ0) is 56.5. The van der Waals surface area contributed by atoms with Crippen LogP contribution in [-0.2, 0) is 56.0 Å². The Balaban J connectivity index is 0.000000483.